The molecule has 9 heteroatoms. The van der Waals surface area contributed by atoms with Crippen LogP contribution in [0.3, 0.4) is 0 Å². The molecule has 0 aromatic heterocycles. The average Bonchev–Trinajstić information content (AvgIpc) is 3.31. The standard InChI is InChI=1S/C21H19FO8/c1-25-15-5-10(6-16(26-2)18(15)27-3)17-11-7-13-14(30-9-29-13)8-12(11)19(23)21(17,22)20(24)28-4/h5-8,17H,9H2,1-4H3/t17-,21-/m0/s1. The molecule has 0 fully saturated rings. The summed E-state index contributed by atoms with van der Waals surface area (Å²) in [4.78, 5) is 25.6. The third-order valence-electron chi connectivity index (χ3n) is 5.33. The molecule has 0 saturated carbocycles. The smallest absolute Gasteiger partial charge is 0.352 e. The summed E-state index contributed by atoms with van der Waals surface area (Å²) in [7, 11) is 5.28. The van der Waals surface area contributed by atoms with Gasteiger partial charge < -0.3 is 28.4 Å². The number of ketones is 1. The van der Waals surface area contributed by atoms with E-state index in [9.17, 15) is 9.59 Å². The van der Waals surface area contributed by atoms with E-state index in [4.69, 9.17) is 23.7 Å². The molecule has 0 spiro atoms. The lowest BCUT2D eigenvalue weighted by molar-refractivity contribution is -0.151. The lowest BCUT2D eigenvalue weighted by Crippen LogP contribution is -2.44. The van der Waals surface area contributed by atoms with Gasteiger partial charge >= 0.3 is 5.97 Å². The molecule has 0 unspecified atom stereocenters. The molecule has 2 aromatic carbocycles. The number of Topliss-reactive ketones (excluding diaryl/α,β-unsaturated/α-hetero) is 1. The number of methoxy groups -OCH3 is 4. The molecule has 0 amide bonds. The minimum absolute atomic E-state index is 0.0148. The monoisotopic (exact) mass is 418 g/mol. The van der Waals surface area contributed by atoms with Gasteiger partial charge in [0, 0.05) is 5.56 Å². The van der Waals surface area contributed by atoms with E-state index in [1.165, 1.54) is 45.6 Å². The van der Waals surface area contributed by atoms with Crippen LogP contribution in [0.4, 0.5) is 4.39 Å². The summed E-state index contributed by atoms with van der Waals surface area (Å²) >= 11 is 0. The Morgan fingerprint density at radius 3 is 2.13 bits per heavy atom. The Morgan fingerprint density at radius 1 is 1.00 bits per heavy atom. The van der Waals surface area contributed by atoms with Gasteiger partial charge in [0.2, 0.25) is 18.3 Å². The number of alkyl halides is 1. The molecule has 158 valence electrons. The Labute approximate surface area is 171 Å². The molecule has 1 aliphatic heterocycles. The van der Waals surface area contributed by atoms with Crippen LogP contribution in [0.1, 0.15) is 27.4 Å². The van der Waals surface area contributed by atoms with Crippen LogP contribution in [0.2, 0.25) is 0 Å². The number of rotatable bonds is 5. The van der Waals surface area contributed by atoms with E-state index < -0.39 is 23.3 Å². The van der Waals surface area contributed by atoms with Crippen molar-refractivity contribution in [3.63, 3.8) is 0 Å². The molecule has 0 saturated heterocycles. The minimum Gasteiger partial charge on any atom is -0.493 e. The Kier molecular flexibility index (Phi) is 4.68. The Bertz CT molecular complexity index is 1020. The number of halogens is 1. The molecule has 1 heterocycles. The zero-order valence-electron chi connectivity index (χ0n) is 16.7. The Balaban J connectivity index is 1.99. The zero-order chi connectivity index (χ0) is 21.6. The SMILES string of the molecule is COC(=O)[C@@]1(F)C(=O)c2cc3c(cc2[C@@H]1c1cc(OC)c(OC)c(OC)c1)OCO3. The normalized spacial score (nSPS) is 21.2. The molecule has 8 nitrogen and oxygen atoms in total. The first-order valence-corrected chi connectivity index (χ1v) is 8.96. The van der Waals surface area contributed by atoms with Crippen LogP contribution in [-0.4, -0.2) is 52.7 Å². The van der Waals surface area contributed by atoms with Crippen molar-refractivity contribution in [2.45, 2.75) is 11.6 Å². The predicted molar refractivity (Wildman–Crippen MR) is 101 cm³/mol. The van der Waals surface area contributed by atoms with Gasteiger partial charge in [-0.05, 0) is 35.4 Å². The van der Waals surface area contributed by atoms with Crippen LogP contribution in [-0.2, 0) is 9.53 Å². The van der Waals surface area contributed by atoms with Crippen LogP contribution < -0.4 is 23.7 Å². The highest BCUT2D eigenvalue weighted by molar-refractivity contribution is 6.20. The molecule has 30 heavy (non-hydrogen) atoms. The maximum atomic E-state index is 16.3. The first kappa shape index (κ1) is 19.8. The number of benzene rings is 2. The van der Waals surface area contributed by atoms with Crippen LogP contribution in [0.15, 0.2) is 24.3 Å². The summed E-state index contributed by atoms with van der Waals surface area (Å²) in [6.45, 7) is -0.0148. The quantitative estimate of drug-likeness (QED) is 0.541. The summed E-state index contributed by atoms with van der Waals surface area (Å²) in [5, 5.41) is 0. The highest BCUT2D eigenvalue weighted by Gasteiger charge is 2.62. The molecular formula is C21H19FO8. The average molecular weight is 418 g/mol. The lowest BCUT2D eigenvalue weighted by atomic mass is 9.82. The van der Waals surface area contributed by atoms with E-state index in [2.05, 4.69) is 4.74 Å². The summed E-state index contributed by atoms with van der Waals surface area (Å²) in [5.74, 6) is -2.18. The highest BCUT2D eigenvalue weighted by Crippen LogP contribution is 2.53. The molecule has 2 aromatic rings. The fourth-order valence-corrected chi connectivity index (χ4v) is 3.97. The van der Waals surface area contributed by atoms with E-state index >= 15 is 4.39 Å². The maximum absolute atomic E-state index is 16.3. The highest BCUT2D eigenvalue weighted by atomic mass is 19.1. The molecule has 2 atom stereocenters. The maximum Gasteiger partial charge on any atom is 0.352 e. The topological polar surface area (TPSA) is 89.5 Å². The van der Waals surface area contributed by atoms with Gasteiger partial charge in [-0.1, -0.05) is 0 Å². The van der Waals surface area contributed by atoms with Gasteiger partial charge in [0.1, 0.15) is 0 Å². The van der Waals surface area contributed by atoms with Crippen molar-refractivity contribution in [1.29, 1.82) is 0 Å². The number of fused-ring (bicyclic) bond motifs is 2. The zero-order valence-corrected chi connectivity index (χ0v) is 16.7. The summed E-state index contributed by atoms with van der Waals surface area (Å²) in [6.07, 6.45) is 0. The van der Waals surface area contributed by atoms with Gasteiger partial charge in [0.15, 0.2) is 23.0 Å². The molecule has 1 aliphatic carbocycles. The minimum atomic E-state index is -2.99. The lowest BCUT2D eigenvalue weighted by Gasteiger charge is -2.25. The van der Waals surface area contributed by atoms with E-state index in [-0.39, 0.29) is 35.0 Å². The first-order valence-electron chi connectivity index (χ1n) is 8.96. The molecule has 2 aliphatic rings. The molecule has 0 radical (unpaired) electrons. The second kappa shape index (κ2) is 7.08. The predicted octanol–water partition coefficient (Wildman–Crippen LogP) is 2.65. The van der Waals surface area contributed by atoms with E-state index in [1.807, 2.05) is 0 Å². The van der Waals surface area contributed by atoms with Crippen molar-refractivity contribution in [3.8, 4) is 28.7 Å². The van der Waals surface area contributed by atoms with Crippen LogP contribution in [0.5, 0.6) is 28.7 Å². The van der Waals surface area contributed by atoms with Crippen LogP contribution in [0.25, 0.3) is 0 Å². The van der Waals surface area contributed by atoms with Crippen molar-refractivity contribution in [3.05, 3.63) is 41.0 Å². The van der Waals surface area contributed by atoms with Gasteiger partial charge in [0.25, 0.3) is 5.67 Å². The molecule has 0 bridgehead atoms. The summed E-state index contributed by atoms with van der Waals surface area (Å²) in [5.41, 5.74) is -2.43. The van der Waals surface area contributed by atoms with Gasteiger partial charge in [-0.3, -0.25) is 4.79 Å². The van der Waals surface area contributed by atoms with Gasteiger partial charge in [-0.2, -0.15) is 0 Å². The van der Waals surface area contributed by atoms with Crippen LogP contribution in [0, 0.1) is 0 Å². The van der Waals surface area contributed by atoms with Gasteiger partial charge in [0.05, 0.1) is 34.4 Å². The first-order chi connectivity index (χ1) is 14.4. The van der Waals surface area contributed by atoms with Crippen molar-refractivity contribution >= 4 is 11.8 Å². The van der Waals surface area contributed by atoms with Crippen molar-refractivity contribution in [2.24, 2.45) is 0 Å². The Hall–Kier alpha value is -3.49. The molecule has 0 N–H and O–H groups in total. The van der Waals surface area contributed by atoms with E-state index in [0.717, 1.165) is 7.11 Å². The van der Waals surface area contributed by atoms with E-state index in [0.29, 0.717) is 17.2 Å². The number of esters is 1. The van der Waals surface area contributed by atoms with Crippen LogP contribution >= 0.6 is 0 Å². The Morgan fingerprint density at radius 2 is 1.60 bits per heavy atom. The second-order valence-electron chi connectivity index (χ2n) is 6.72. The molecule has 4 rings (SSSR count). The third-order valence-corrected chi connectivity index (χ3v) is 5.33. The number of carbonyl (C=O) groups excluding carboxylic acids is 2. The largest absolute Gasteiger partial charge is 0.493 e. The fourth-order valence-electron chi connectivity index (χ4n) is 3.97. The number of hydrogen-bond donors (Lipinski definition) is 0. The van der Waals surface area contributed by atoms with Crippen molar-refractivity contribution < 1.29 is 42.4 Å². The third kappa shape index (κ3) is 2.58. The van der Waals surface area contributed by atoms with Crippen molar-refractivity contribution in [1.82, 2.24) is 0 Å². The second-order valence-corrected chi connectivity index (χ2v) is 6.72. The van der Waals surface area contributed by atoms with Gasteiger partial charge in [-0.15, -0.1) is 0 Å². The van der Waals surface area contributed by atoms with Crippen molar-refractivity contribution in [2.75, 3.05) is 35.2 Å². The number of carbonyl (C=O) groups is 2. The number of ether oxygens (including phenoxy) is 6. The summed E-state index contributed by atoms with van der Waals surface area (Å²) in [6, 6.07) is 5.88. The molecular weight excluding hydrogens is 399 g/mol. The fraction of sp³-hybridized carbons (Fsp3) is 0.333. The number of hydrogen-bond acceptors (Lipinski definition) is 8. The summed E-state index contributed by atoms with van der Waals surface area (Å²) < 4.78 is 47.6. The van der Waals surface area contributed by atoms with E-state index in [1.54, 1.807) is 0 Å². The van der Waals surface area contributed by atoms with Gasteiger partial charge in [-0.25, -0.2) is 9.18 Å².